The number of carboxylic acid groups (broad SMARTS) is 1. The zero-order valence-electron chi connectivity index (χ0n) is 18.1. The van der Waals surface area contributed by atoms with Crippen molar-refractivity contribution in [2.24, 2.45) is 0 Å². The van der Waals surface area contributed by atoms with Crippen LogP contribution in [-0.2, 0) is 10.2 Å². The molecule has 1 unspecified atom stereocenters. The van der Waals surface area contributed by atoms with Crippen molar-refractivity contribution in [1.82, 2.24) is 0 Å². The van der Waals surface area contributed by atoms with E-state index in [-0.39, 0.29) is 17.8 Å². The van der Waals surface area contributed by atoms with Crippen molar-refractivity contribution in [2.75, 3.05) is 0 Å². The van der Waals surface area contributed by atoms with Crippen LogP contribution < -0.4 is 0 Å². The predicted octanol–water partition coefficient (Wildman–Crippen LogP) is 7.39. The lowest BCUT2D eigenvalue weighted by atomic mass is 9.74. The molecule has 2 heteroatoms. The molecule has 2 nitrogen and oxygen atoms in total. The molecule has 0 spiro atoms. The minimum absolute atomic E-state index is 0.0969. The largest absolute Gasteiger partial charge is 0.481 e. The molecule has 4 aromatic carbocycles. The normalized spacial score (nSPS) is 15.0. The van der Waals surface area contributed by atoms with E-state index < -0.39 is 5.97 Å². The summed E-state index contributed by atoms with van der Waals surface area (Å²) in [5, 5.41) is 12.3. The van der Waals surface area contributed by atoms with Crippen LogP contribution in [0.1, 0.15) is 49.8 Å². The number of hydrogen-bond acceptors (Lipinski definition) is 1. The van der Waals surface area contributed by atoms with Crippen LogP contribution in [0.15, 0.2) is 78.9 Å². The molecule has 0 aliphatic heterocycles. The van der Waals surface area contributed by atoms with E-state index in [1.807, 2.05) is 12.1 Å². The van der Waals surface area contributed by atoms with Crippen molar-refractivity contribution < 1.29 is 9.90 Å². The average molecular weight is 407 g/mol. The van der Waals surface area contributed by atoms with E-state index in [0.29, 0.717) is 0 Å². The molecule has 154 valence electrons. The maximum atomic E-state index is 12.0. The van der Waals surface area contributed by atoms with Crippen LogP contribution in [0.5, 0.6) is 0 Å². The van der Waals surface area contributed by atoms with Gasteiger partial charge in [0.2, 0.25) is 0 Å². The summed E-state index contributed by atoms with van der Waals surface area (Å²) >= 11 is 0. The number of aliphatic carboxylic acids is 1. The van der Waals surface area contributed by atoms with Crippen LogP contribution in [0.2, 0.25) is 0 Å². The SMILES string of the molecule is CC(C)(C)c1c2c(c(-c3ccccc3)c3ccccc13)-c1ccccc1C2CC(=O)O. The Morgan fingerprint density at radius 3 is 2.10 bits per heavy atom. The van der Waals surface area contributed by atoms with E-state index >= 15 is 0 Å². The summed E-state index contributed by atoms with van der Waals surface area (Å²) in [5.41, 5.74) is 8.19. The van der Waals surface area contributed by atoms with Crippen molar-refractivity contribution in [3.05, 3.63) is 95.6 Å². The summed E-state index contributed by atoms with van der Waals surface area (Å²) in [5.74, 6) is -0.910. The van der Waals surface area contributed by atoms with Gasteiger partial charge in [0.25, 0.3) is 0 Å². The first-order valence-corrected chi connectivity index (χ1v) is 10.8. The predicted molar refractivity (Wildman–Crippen MR) is 128 cm³/mol. The van der Waals surface area contributed by atoms with Gasteiger partial charge in [0.05, 0.1) is 6.42 Å². The standard InChI is InChI=1S/C29H26O2/c1-29(2,3)28-22-16-10-9-15-21(22)25(18-11-5-4-6-12-18)26-20-14-8-7-13-19(20)23(27(26)28)17-24(30)31/h4-16,23H,17H2,1-3H3,(H,30,31). The summed E-state index contributed by atoms with van der Waals surface area (Å²) in [6, 6.07) is 27.4. The lowest BCUT2D eigenvalue weighted by Crippen LogP contribution is -2.18. The smallest absolute Gasteiger partial charge is 0.304 e. The van der Waals surface area contributed by atoms with E-state index in [4.69, 9.17) is 0 Å². The Kier molecular flexibility index (Phi) is 4.48. The molecule has 1 N–H and O–H groups in total. The Hall–Kier alpha value is -3.39. The summed E-state index contributed by atoms with van der Waals surface area (Å²) < 4.78 is 0. The number of benzene rings is 4. The van der Waals surface area contributed by atoms with Crippen molar-refractivity contribution >= 4 is 16.7 Å². The summed E-state index contributed by atoms with van der Waals surface area (Å²) in [6.45, 7) is 6.70. The fraction of sp³-hybridized carbons (Fsp3) is 0.207. The Morgan fingerprint density at radius 2 is 1.42 bits per heavy atom. The minimum Gasteiger partial charge on any atom is -0.481 e. The molecular formula is C29H26O2. The highest BCUT2D eigenvalue weighted by Gasteiger charge is 2.38. The third-order valence-corrected chi connectivity index (χ3v) is 6.40. The van der Waals surface area contributed by atoms with E-state index in [2.05, 4.69) is 87.5 Å². The van der Waals surface area contributed by atoms with Gasteiger partial charge in [-0.05, 0) is 55.1 Å². The maximum Gasteiger partial charge on any atom is 0.304 e. The Bertz CT molecular complexity index is 1310. The van der Waals surface area contributed by atoms with Crippen LogP contribution in [0, 0.1) is 0 Å². The second-order valence-corrected chi connectivity index (χ2v) is 9.44. The second kappa shape index (κ2) is 7.09. The fourth-order valence-corrected chi connectivity index (χ4v) is 5.37. The number of carboxylic acids is 1. The first-order valence-electron chi connectivity index (χ1n) is 10.8. The molecule has 0 saturated heterocycles. The monoisotopic (exact) mass is 406 g/mol. The Labute approximate surface area is 183 Å². The Balaban J connectivity index is 2.03. The number of rotatable bonds is 3. The maximum absolute atomic E-state index is 12.0. The molecule has 31 heavy (non-hydrogen) atoms. The van der Waals surface area contributed by atoms with E-state index in [1.54, 1.807) is 0 Å². The van der Waals surface area contributed by atoms with Crippen LogP contribution in [0.3, 0.4) is 0 Å². The fourth-order valence-electron chi connectivity index (χ4n) is 5.37. The minimum atomic E-state index is -0.762. The highest BCUT2D eigenvalue weighted by atomic mass is 16.4. The van der Waals surface area contributed by atoms with Crippen LogP contribution in [0.25, 0.3) is 33.0 Å². The first kappa shape index (κ1) is 19.6. The zero-order chi connectivity index (χ0) is 21.8. The van der Waals surface area contributed by atoms with Crippen molar-refractivity contribution in [2.45, 2.75) is 38.5 Å². The van der Waals surface area contributed by atoms with Gasteiger partial charge < -0.3 is 5.11 Å². The molecule has 0 saturated carbocycles. The zero-order valence-corrected chi connectivity index (χ0v) is 18.1. The summed E-state index contributed by atoms with van der Waals surface area (Å²) in [7, 11) is 0. The Morgan fingerprint density at radius 1 is 0.806 bits per heavy atom. The third-order valence-electron chi connectivity index (χ3n) is 6.40. The topological polar surface area (TPSA) is 37.3 Å². The molecule has 4 aromatic rings. The second-order valence-electron chi connectivity index (χ2n) is 9.44. The van der Waals surface area contributed by atoms with Gasteiger partial charge in [-0.25, -0.2) is 0 Å². The van der Waals surface area contributed by atoms with Gasteiger partial charge in [-0.3, -0.25) is 4.79 Å². The molecule has 5 rings (SSSR count). The molecule has 0 fully saturated rings. The molecule has 1 aliphatic carbocycles. The number of fused-ring (bicyclic) bond motifs is 4. The van der Waals surface area contributed by atoms with Gasteiger partial charge in [-0.15, -0.1) is 0 Å². The molecule has 0 amide bonds. The van der Waals surface area contributed by atoms with Gasteiger partial charge in [0.15, 0.2) is 0 Å². The van der Waals surface area contributed by atoms with Gasteiger partial charge in [0, 0.05) is 5.92 Å². The lowest BCUT2D eigenvalue weighted by Gasteiger charge is -2.29. The summed E-state index contributed by atoms with van der Waals surface area (Å²) in [6.07, 6.45) is 0.0969. The van der Waals surface area contributed by atoms with Crippen LogP contribution in [0.4, 0.5) is 0 Å². The van der Waals surface area contributed by atoms with Crippen molar-refractivity contribution in [1.29, 1.82) is 0 Å². The van der Waals surface area contributed by atoms with Gasteiger partial charge >= 0.3 is 5.97 Å². The third kappa shape index (κ3) is 3.06. The van der Waals surface area contributed by atoms with Crippen LogP contribution >= 0.6 is 0 Å². The van der Waals surface area contributed by atoms with E-state index in [9.17, 15) is 9.90 Å². The number of hydrogen-bond donors (Lipinski definition) is 1. The quantitative estimate of drug-likeness (QED) is 0.385. The van der Waals surface area contributed by atoms with Gasteiger partial charge in [0.1, 0.15) is 0 Å². The van der Waals surface area contributed by atoms with Crippen molar-refractivity contribution in [3.63, 3.8) is 0 Å². The van der Waals surface area contributed by atoms with E-state index in [1.165, 1.54) is 44.2 Å². The molecule has 0 heterocycles. The average Bonchev–Trinajstić information content (AvgIpc) is 3.05. The van der Waals surface area contributed by atoms with E-state index in [0.717, 1.165) is 5.56 Å². The lowest BCUT2D eigenvalue weighted by molar-refractivity contribution is -0.137. The molecule has 0 radical (unpaired) electrons. The highest BCUT2D eigenvalue weighted by Crippen LogP contribution is 2.56. The molecular weight excluding hydrogens is 380 g/mol. The van der Waals surface area contributed by atoms with Gasteiger partial charge in [-0.1, -0.05) is 99.6 Å². The summed E-state index contributed by atoms with van der Waals surface area (Å²) in [4.78, 5) is 12.0. The molecule has 0 bridgehead atoms. The number of carbonyl (C=O) groups is 1. The van der Waals surface area contributed by atoms with Crippen molar-refractivity contribution in [3.8, 4) is 22.3 Å². The molecule has 1 atom stereocenters. The highest BCUT2D eigenvalue weighted by molar-refractivity contribution is 6.10. The van der Waals surface area contributed by atoms with Gasteiger partial charge in [-0.2, -0.15) is 0 Å². The first-order chi connectivity index (χ1) is 14.9. The molecule has 1 aliphatic rings. The van der Waals surface area contributed by atoms with Crippen LogP contribution in [-0.4, -0.2) is 11.1 Å². The molecule has 0 aromatic heterocycles.